The lowest BCUT2D eigenvalue weighted by Gasteiger charge is -2.26. The fourth-order valence-corrected chi connectivity index (χ4v) is 1.99. The van der Waals surface area contributed by atoms with Gasteiger partial charge in [0, 0.05) is 19.2 Å². The van der Waals surface area contributed by atoms with Crippen LogP contribution in [0.25, 0.3) is 0 Å². The molecule has 0 aliphatic rings. The van der Waals surface area contributed by atoms with Gasteiger partial charge in [-0.2, -0.15) is 11.8 Å². The van der Waals surface area contributed by atoms with E-state index >= 15 is 0 Å². The fourth-order valence-electron chi connectivity index (χ4n) is 1.41. The maximum absolute atomic E-state index is 13.6. The summed E-state index contributed by atoms with van der Waals surface area (Å²) in [5.41, 5.74) is 5.34. The van der Waals surface area contributed by atoms with Gasteiger partial charge in [0.05, 0.1) is 0 Å². The average Bonchev–Trinajstić information content (AvgIpc) is 2.29. The van der Waals surface area contributed by atoms with Gasteiger partial charge in [-0.1, -0.05) is 0 Å². The van der Waals surface area contributed by atoms with Crippen LogP contribution in [0.2, 0.25) is 0 Å². The van der Waals surface area contributed by atoms with Gasteiger partial charge in [0.2, 0.25) is 0 Å². The molecule has 6 heteroatoms. The zero-order valence-corrected chi connectivity index (χ0v) is 11.0. The Balaban J connectivity index is 2.88. The first-order valence-corrected chi connectivity index (χ1v) is 6.70. The third-order valence-corrected chi connectivity index (χ3v) is 3.32. The molecular formula is C11H17F2N3S. The molecule has 1 aromatic heterocycles. The van der Waals surface area contributed by atoms with E-state index in [2.05, 4.69) is 4.98 Å². The van der Waals surface area contributed by atoms with E-state index in [0.29, 0.717) is 0 Å². The molecule has 0 aromatic carbocycles. The second-order valence-corrected chi connectivity index (χ2v) is 4.89. The lowest BCUT2D eigenvalue weighted by Crippen LogP contribution is -2.31. The van der Waals surface area contributed by atoms with E-state index < -0.39 is 11.6 Å². The first-order valence-electron chi connectivity index (χ1n) is 5.30. The molecule has 17 heavy (non-hydrogen) atoms. The Morgan fingerprint density at radius 2 is 2.12 bits per heavy atom. The molecule has 0 amide bonds. The van der Waals surface area contributed by atoms with Crippen molar-refractivity contribution in [2.24, 2.45) is 0 Å². The maximum atomic E-state index is 13.6. The van der Waals surface area contributed by atoms with Gasteiger partial charge >= 0.3 is 0 Å². The van der Waals surface area contributed by atoms with Crippen molar-refractivity contribution < 1.29 is 8.78 Å². The zero-order valence-electron chi connectivity index (χ0n) is 10.2. The normalized spacial score (nSPS) is 12.5. The summed E-state index contributed by atoms with van der Waals surface area (Å²) in [7, 11) is 1.73. The van der Waals surface area contributed by atoms with E-state index in [1.165, 1.54) is 0 Å². The molecule has 1 heterocycles. The van der Waals surface area contributed by atoms with Crippen LogP contribution in [-0.4, -0.2) is 30.1 Å². The van der Waals surface area contributed by atoms with Gasteiger partial charge in [0.25, 0.3) is 0 Å². The highest BCUT2D eigenvalue weighted by molar-refractivity contribution is 7.98. The first-order chi connectivity index (χ1) is 7.97. The van der Waals surface area contributed by atoms with Crippen molar-refractivity contribution in [1.29, 1.82) is 0 Å². The number of nitrogens with two attached hydrogens (primary N) is 1. The predicted molar refractivity (Wildman–Crippen MR) is 69.4 cm³/mol. The van der Waals surface area contributed by atoms with Crippen molar-refractivity contribution in [3.63, 3.8) is 0 Å². The molecule has 2 N–H and O–H groups in total. The monoisotopic (exact) mass is 261 g/mol. The fraction of sp³-hybridized carbons (Fsp3) is 0.545. The Morgan fingerprint density at radius 3 is 2.71 bits per heavy atom. The number of thioether (sulfide) groups is 1. The Labute approximate surface area is 104 Å². The van der Waals surface area contributed by atoms with Crippen LogP contribution in [-0.2, 0) is 0 Å². The molecule has 1 atom stereocenters. The van der Waals surface area contributed by atoms with E-state index in [1.807, 2.05) is 13.2 Å². The lowest BCUT2D eigenvalue weighted by molar-refractivity contribution is 0.562. The second-order valence-electron chi connectivity index (χ2n) is 3.90. The van der Waals surface area contributed by atoms with Crippen molar-refractivity contribution in [2.45, 2.75) is 19.4 Å². The van der Waals surface area contributed by atoms with Gasteiger partial charge < -0.3 is 10.6 Å². The van der Waals surface area contributed by atoms with E-state index in [4.69, 9.17) is 5.73 Å². The number of nitrogen functional groups attached to an aromatic ring is 1. The van der Waals surface area contributed by atoms with Gasteiger partial charge in [-0.3, -0.25) is 0 Å². The minimum atomic E-state index is -0.823. The van der Waals surface area contributed by atoms with Crippen LogP contribution in [0.3, 0.4) is 0 Å². The summed E-state index contributed by atoms with van der Waals surface area (Å²) in [4.78, 5) is 5.43. The molecule has 0 saturated carbocycles. The molecule has 1 unspecified atom stereocenters. The number of aromatic nitrogens is 1. The quantitative estimate of drug-likeness (QED) is 0.884. The molecule has 0 aliphatic carbocycles. The van der Waals surface area contributed by atoms with Crippen LogP contribution >= 0.6 is 11.8 Å². The van der Waals surface area contributed by atoms with E-state index in [0.717, 1.165) is 18.2 Å². The minimum Gasteiger partial charge on any atom is -0.381 e. The molecule has 0 fully saturated rings. The molecule has 0 spiro atoms. The highest BCUT2D eigenvalue weighted by atomic mass is 32.2. The third kappa shape index (κ3) is 3.46. The van der Waals surface area contributed by atoms with Gasteiger partial charge in [-0.25, -0.2) is 13.8 Å². The highest BCUT2D eigenvalue weighted by Crippen LogP contribution is 2.22. The Kier molecular flexibility index (Phi) is 4.99. The Morgan fingerprint density at radius 1 is 1.47 bits per heavy atom. The minimum absolute atomic E-state index is 0.0949. The Bertz CT molecular complexity index is 387. The summed E-state index contributed by atoms with van der Waals surface area (Å²) in [6.45, 7) is 1.97. The molecule has 0 saturated heterocycles. The van der Waals surface area contributed by atoms with Gasteiger partial charge in [-0.05, 0) is 25.4 Å². The number of hydrogen-bond donors (Lipinski definition) is 1. The van der Waals surface area contributed by atoms with Crippen molar-refractivity contribution in [2.75, 3.05) is 29.7 Å². The molecule has 0 bridgehead atoms. The van der Waals surface area contributed by atoms with Crippen LogP contribution in [0.15, 0.2) is 6.07 Å². The molecule has 1 rings (SSSR count). The van der Waals surface area contributed by atoms with Crippen molar-refractivity contribution in [3.05, 3.63) is 17.7 Å². The number of anilines is 2. The molecular weight excluding hydrogens is 244 g/mol. The van der Waals surface area contributed by atoms with E-state index in [9.17, 15) is 8.78 Å². The summed E-state index contributed by atoms with van der Waals surface area (Å²) in [6.07, 6.45) is 2.91. The smallest absolute Gasteiger partial charge is 0.168 e. The van der Waals surface area contributed by atoms with Crippen molar-refractivity contribution >= 4 is 23.4 Å². The molecule has 96 valence electrons. The largest absolute Gasteiger partial charge is 0.381 e. The third-order valence-electron chi connectivity index (χ3n) is 2.67. The number of rotatable bonds is 5. The van der Waals surface area contributed by atoms with Crippen molar-refractivity contribution in [3.8, 4) is 0 Å². The van der Waals surface area contributed by atoms with Crippen LogP contribution in [0, 0.1) is 11.6 Å². The topological polar surface area (TPSA) is 42.2 Å². The van der Waals surface area contributed by atoms with E-state index in [-0.39, 0.29) is 17.7 Å². The molecule has 0 radical (unpaired) electrons. The van der Waals surface area contributed by atoms with Crippen LogP contribution < -0.4 is 10.6 Å². The van der Waals surface area contributed by atoms with Gasteiger partial charge in [0.1, 0.15) is 0 Å². The summed E-state index contributed by atoms with van der Waals surface area (Å²) in [5.74, 6) is -0.710. The molecule has 0 aliphatic heterocycles. The SMILES string of the molecule is CSCCC(C)N(C)c1nc(N)c(F)cc1F. The van der Waals surface area contributed by atoms with Gasteiger partial charge in [0.15, 0.2) is 23.3 Å². The summed E-state index contributed by atoms with van der Waals surface area (Å²) in [5, 5.41) is 0. The standard InChI is InChI=1S/C11H17F2N3S/c1-7(4-5-17-3)16(2)11-9(13)6-8(12)10(14)15-11/h6-7H,4-5H2,1-3H3,(H2,14,15). The summed E-state index contributed by atoms with van der Waals surface area (Å²) < 4.78 is 26.5. The second kappa shape index (κ2) is 6.05. The first kappa shape index (κ1) is 14.0. The molecule has 3 nitrogen and oxygen atoms in total. The highest BCUT2D eigenvalue weighted by Gasteiger charge is 2.17. The van der Waals surface area contributed by atoms with Crippen LogP contribution in [0.5, 0.6) is 0 Å². The number of pyridine rings is 1. The number of hydrogen-bond acceptors (Lipinski definition) is 4. The lowest BCUT2D eigenvalue weighted by atomic mass is 10.2. The maximum Gasteiger partial charge on any atom is 0.168 e. The van der Waals surface area contributed by atoms with Gasteiger partial charge in [-0.15, -0.1) is 0 Å². The predicted octanol–water partition coefficient (Wildman–Crippen LogP) is 2.52. The summed E-state index contributed by atoms with van der Waals surface area (Å²) >= 11 is 1.73. The number of halogens is 2. The van der Waals surface area contributed by atoms with Crippen molar-refractivity contribution in [1.82, 2.24) is 4.98 Å². The summed E-state index contributed by atoms with van der Waals surface area (Å²) in [6, 6.07) is 0.893. The zero-order chi connectivity index (χ0) is 13.0. The Hall–Kier alpha value is -1.04. The van der Waals surface area contributed by atoms with E-state index in [1.54, 1.807) is 23.7 Å². The van der Waals surface area contributed by atoms with Crippen LogP contribution in [0.1, 0.15) is 13.3 Å². The molecule has 1 aromatic rings. The van der Waals surface area contributed by atoms with Crippen LogP contribution in [0.4, 0.5) is 20.4 Å². The number of nitrogens with zero attached hydrogens (tertiary/aromatic N) is 2. The average molecular weight is 261 g/mol.